The van der Waals surface area contributed by atoms with Crippen LogP contribution < -0.4 is 0 Å². The van der Waals surface area contributed by atoms with E-state index in [2.05, 4.69) is 0 Å². The fourth-order valence-electron chi connectivity index (χ4n) is 3.39. The van der Waals surface area contributed by atoms with E-state index in [0.717, 1.165) is 12.0 Å². The summed E-state index contributed by atoms with van der Waals surface area (Å²) in [6.07, 6.45) is 8.39. The van der Waals surface area contributed by atoms with Crippen LogP contribution in [0, 0.1) is 5.92 Å². The molecule has 1 aromatic rings. The van der Waals surface area contributed by atoms with Crippen molar-refractivity contribution in [1.29, 1.82) is 0 Å². The smallest absolute Gasteiger partial charge is 0.266 e. The Bertz CT molecular complexity index is 1020. The molecule has 1 heterocycles. The summed E-state index contributed by atoms with van der Waals surface area (Å²) in [4.78, 5) is 25.4. The van der Waals surface area contributed by atoms with E-state index in [1.54, 1.807) is 24.3 Å². The number of hydroxylamine groups is 2. The van der Waals surface area contributed by atoms with Crippen molar-refractivity contribution in [1.82, 2.24) is 5.06 Å². The maximum atomic E-state index is 12.7. The number of hydrogen-bond donors (Lipinski definition) is 0. The monoisotopic (exact) mass is 371 g/mol. The van der Waals surface area contributed by atoms with E-state index in [0.29, 0.717) is 29.0 Å². The molecule has 4 rings (SSSR count). The molecule has 134 valence electrons. The molecule has 26 heavy (non-hydrogen) atoms. The number of rotatable bonds is 3. The van der Waals surface area contributed by atoms with Crippen molar-refractivity contribution in [3.63, 3.8) is 0 Å². The molecule has 0 saturated carbocycles. The van der Waals surface area contributed by atoms with Crippen LogP contribution in [0.25, 0.3) is 5.57 Å². The first-order valence-corrected chi connectivity index (χ1v) is 9.83. The lowest BCUT2D eigenvalue weighted by Crippen LogP contribution is -2.43. The van der Waals surface area contributed by atoms with Crippen molar-refractivity contribution < 1.29 is 22.3 Å². The highest BCUT2D eigenvalue weighted by Crippen LogP contribution is 2.36. The lowest BCUT2D eigenvalue weighted by molar-refractivity contribution is -0.141. The number of hydrogen-bond acceptors (Lipinski definition) is 5. The fourth-order valence-corrected chi connectivity index (χ4v) is 4.35. The minimum absolute atomic E-state index is 0.0478. The standard InChI is InChI=1S/C19H17NO5S/c1-12-8-10-14(11-9-12)26(23,24)25-20-18(21)15-6-2-4-13-5-3-7-16(17(13)15)19(20)22/h2,4,6-8,10-12H,3,5,9H2,1H3. The molecule has 0 radical (unpaired) electrons. The summed E-state index contributed by atoms with van der Waals surface area (Å²) in [5.74, 6) is -1.28. The normalized spacial score (nSPS) is 22.0. The SMILES string of the molecule is CC1C=CC(S(=O)(=O)ON2C(=O)C3=CCCc4cccc(c43)C2=O)=CC1. The third-order valence-electron chi connectivity index (χ3n) is 4.75. The quantitative estimate of drug-likeness (QED) is 0.763. The van der Waals surface area contributed by atoms with E-state index in [4.69, 9.17) is 4.28 Å². The van der Waals surface area contributed by atoms with E-state index in [1.165, 1.54) is 12.2 Å². The summed E-state index contributed by atoms with van der Waals surface area (Å²) in [7, 11) is -4.27. The second-order valence-electron chi connectivity index (χ2n) is 6.61. The van der Waals surface area contributed by atoms with E-state index >= 15 is 0 Å². The van der Waals surface area contributed by atoms with E-state index in [9.17, 15) is 18.0 Å². The molecule has 6 nitrogen and oxygen atoms in total. The summed E-state index contributed by atoms with van der Waals surface area (Å²) in [6, 6.07) is 5.18. The number of allylic oxidation sites excluding steroid dienone is 4. The van der Waals surface area contributed by atoms with Crippen LogP contribution in [-0.4, -0.2) is 25.3 Å². The van der Waals surface area contributed by atoms with Crippen molar-refractivity contribution in [2.45, 2.75) is 26.2 Å². The van der Waals surface area contributed by atoms with Crippen LogP contribution in [-0.2, 0) is 25.6 Å². The average Bonchev–Trinajstić information content (AvgIpc) is 2.63. The first-order chi connectivity index (χ1) is 12.4. The van der Waals surface area contributed by atoms with Gasteiger partial charge in [-0.15, -0.1) is 9.35 Å². The Morgan fingerprint density at radius 3 is 2.69 bits per heavy atom. The van der Waals surface area contributed by atoms with E-state index in [-0.39, 0.29) is 16.4 Å². The Morgan fingerprint density at radius 2 is 1.96 bits per heavy atom. The third-order valence-corrected chi connectivity index (χ3v) is 5.98. The molecule has 0 spiro atoms. The van der Waals surface area contributed by atoms with Crippen LogP contribution in [0.1, 0.15) is 41.3 Å². The fraction of sp³-hybridized carbons (Fsp3) is 0.263. The van der Waals surface area contributed by atoms with Crippen LogP contribution in [0.5, 0.6) is 0 Å². The summed E-state index contributed by atoms with van der Waals surface area (Å²) in [6.45, 7) is 1.96. The lowest BCUT2D eigenvalue weighted by atomic mass is 9.84. The number of carbonyl (C=O) groups is 2. The third kappa shape index (κ3) is 2.64. The van der Waals surface area contributed by atoms with Gasteiger partial charge in [-0.3, -0.25) is 9.59 Å². The Balaban J connectivity index is 1.71. The summed E-state index contributed by atoms with van der Waals surface area (Å²) >= 11 is 0. The van der Waals surface area contributed by atoms with Gasteiger partial charge in [0.05, 0.1) is 10.5 Å². The molecule has 2 amide bonds. The predicted octanol–water partition coefficient (Wildman–Crippen LogP) is 2.74. The van der Waals surface area contributed by atoms with Gasteiger partial charge in [0.2, 0.25) is 0 Å². The summed E-state index contributed by atoms with van der Waals surface area (Å²) in [5.41, 5.74) is 2.11. The number of aryl methyl sites for hydroxylation is 1. The molecule has 0 N–H and O–H groups in total. The minimum Gasteiger partial charge on any atom is -0.266 e. The van der Waals surface area contributed by atoms with Gasteiger partial charge in [0.15, 0.2) is 0 Å². The Hall–Kier alpha value is -2.51. The molecule has 1 aliphatic heterocycles. The van der Waals surface area contributed by atoms with Gasteiger partial charge in [0.1, 0.15) is 0 Å². The second-order valence-corrected chi connectivity index (χ2v) is 8.14. The molecule has 7 heteroatoms. The van der Waals surface area contributed by atoms with Crippen molar-refractivity contribution in [2.75, 3.05) is 0 Å². The molecule has 0 fully saturated rings. The molecule has 1 atom stereocenters. The van der Waals surface area contributed by atoms with E-state index in [1.807, 2.05) is 13.0 Å². The molecule has 0 saturated heterocycles. The number of nitrogens with zero attached hydrogens (tertiary/aromatic N) is 1. The molecule has 1 unspecified atom stereocenters. The average molecular weight is 371 g/mol. The van der Waals surface area contributed by atoms with Crippen LogP contribution in [0.15, 0.2) is 47.4 Å². The molecule has 0 bridgehead atoms. The molecular weight excluding hydrogens is 354 g/mol. The van der Waals surface area contributed by atoms with Gasteiger partial charge < -0.3 is 0 Å². The van der Waals surface area contributed by atoms with Crippen molar-refractivity contribution in [3.05, 3.63) is 64.1 Å². The number of amides is 2. The number of carbonyl (C=O) groups excluding carboxylic acids is 2. The molecule has 2 aliphatic carbocycles. The van der Waals surface area contributed by atoms with Gasteiger partial charge in [-0.1, -0.05) is 37.3 Å². The van der Waals surface area contributed by atoms with Gasteiger partial charge in [0, 0.05) is 11.1 Å². The molecule has 0 aromatic heterocycles. The Morgan fingerprint density at radius 1 is 1.15 bits per heavy atom. The van der Waals surface area contributed by atoms with Crippen molar-refractivity contribution >= 4 is 27.5 Å². The van der Waals surface area contributed by atoms with Gasteiger partial charge >= 0.3 is 10.1 Å². The lowest BCUT2D eigenvalue weighted by Gasteiger charge is -2.30. The highest BCUT2D eigenvalue weighted by molar-refractivity contribution is 7.90. The topological polar surface area (TPSA) is 80.8 Å². The minimum atomic E-state index is -4.27. The number of benzene rings is 1. The van der Waals surface area contributed by atoms with Crippen LogP contribution >= 0.6 is 0 Å². The summed E-state index contributed by atoms with van der Waals surface area (Å²) in [5, 5.41) is 0.366. The van der Waals surface area contributed by atoms with Crippen LogP contribution in [0.4, 0.5) is 0 Å². The molecule has 3 aliphatic rings. The van der Waals surface area contributed by atoms with Crippen LogP contribution in [0.3, 0.4) is 0 Å². The Labute approximate surface area is 151 Å². The highest BCUT2D eigenvalue weighted by Gasteiger charge is 2.41. The van der Waals surface area contributed by atoms with Crippen molar-refractivity contribution in [3.8, 4) is 0 Å². The predicted molar refractivity (Wildman–Crippen MR) is 94.9 cm³/mol. The van der Waals surface area contributed by atoms with Gasteiger partial charge in [-0.05, 0) is 42.9 Å². The first-order valence-electron chi connectivity index (χ1n) is 8.42. The van der Waals surface area contributed by atoms with E-state index < -0.39 is 21.9 Å². The molecular formula is C19H17NO5S. The number of imide groups is 1. The second kappa shape index (κ2) is 6.03. The maximum Gasteiger partial charge on any atom is 0.317 e. The zero-order valence-corrected chi connectivity index (χ0v) is 15.0. The van der Waals surface area contributed by atoms with Gasteiger partial charge in [0.25, 0.3) is 11.8 Å². The van der Waals surface area contributed by atoms with Gasteiger partial charge in [-0.25, -0.2) is 0 Å². The zero-order chi connectivity index (χ0) is 18.5. The zero-order valence-electron chi connectivity index (χ0n) is 14.1. The van der Waals surface area contributed by atoms with Gasteiger partial charge in [-0.2, -0.15) is 8.42 Å². The molecule has 1 aromatic carbocycles. The first kappa shape index (κ1) is 16.9. The summed E-state index contributed by atoms with van der Waals surface area (Å²) < 4.78 is 30.0. The maximum absolute atomic E-state index is 12.7. The Kier molecular flexibility index (Phi) is 3.93. The largest absolute Gasteiger partial charge is 0.317 e. The van der Waals surface area contributed by atoms with Crippen LogP contribution in [0.2, 0.25) is 0 Å². The highest BCUT2D eigenvalue weighted by atomic mass is 32.2. The van der Waals surface area contributed by atoms with Crippen molar-refractivity contribution in [2.24, 2.45) is 5.92 Å².